The average Bonchev–Trinajstić information content (AvgIpc) is 2.30. The van der Waals surface area contributed by atoms with Crippen LogP contribution in [0.1, 0.15) is 15.9 Å². The van der Waals surface area contributed by atoms with Crippen molar-refractivity contribution in [3.8, 4) is 0 Å². The van der Waals surface area contributed by atoms with Crippen LogP contribution in [0.15, 0.2) is 18.2 Å². The maximum Gasteiger partial charge on any atom is 0.338 e. The minimum Gasteiger partial charge on any atom is -0.465 e. The van der Waals surface area contributed by atoms with E-state index >= 15 is 0 Å². The molecule has 17 heavy (non-hydrogen) atoms. The fourth-order valence-electron chi connectivity index (χ4n) is 1.29. The zero-order valence-corrected chi connectivity index (χ0v) is 9.29. The summed E-state index contributed by atoms with van der Waals surface area (Å²) in [6.45, 7) is 1.54. The minimum absolute atomic E-state index is 0.165. The predicted octanol–water partition coefficient (Wildman–Crippen LogP) is 1.99. The van der Waals surface area contributed by atoms with Crippen LogP contribution in [0.2, 0.25) is 0 Å². The van der Waals surface area contributed by atoms with Crippen LogP contribution >= 0.6 is 0 Å². The van der Waals surface area contributed by atoms with Gasteiger partial charge in [0.1, 0.15) is 0 Å². The maximum absolute atomic E-state index is 12.1. The molecule has 0 fully saturated rings. The lowest BCUT2D eigenvalue weighted by molar-refractivity contribution is -0.126. The first-order valence-corrected chi connectivity index (χ1v) is 4.74. The molecule has 0 heterocycles. The zero-order valence-electron chi connectivity index (χ0n) is 9.29. The van der Waals surface area contributed by atoms with E-state index in [-0.39, 0.29) is 11.3 Å². The summed E-state index contributed by atoms with van der Waals surface area (Å²) in [7, 11) is 1.21. The third-order valence-electron chi connectivity index (χ3n) is 2.20. The number of rotatable bonds is 3. The van der Waals surface area contributed by atoms with Gasteiger partial charge in [0.2, 0.25) is 0 Å². The number of amides is 1. The first kappa shape index (κ1) is 13.1. The number of benzene rings is 1. The van der Waals surface area contributed by atoms with E-state index < -0.39 is 18.3 Å². The Kier molecular flexibility index (Phi) is 4.14. The summed E-state index contributed by atoms with van der Waals surface area (Å²) >= 11 is 0. The molecule has 0 radical (unpaired) electrons. The quantitative estimate of drug-likeness (QED) is 0.826. The van der Waals surface area contributed by atoms with Crippen LogP contribution in [-0.4, -0.2) is 25.4 Å². The second kappa shape index (κ2) is 5.38. The number of methoxy groups -OCH3 is 1. The van der Waals surface area contributed by atoms with Gasteiger partial charge in [0.15, 0.2) is 0 Å². The monoisotopic (exact) mass is 243 g/mol. The Morgan fingerprint density at radius 1 is 1.35 bits per heavy atom. The SMILES string of the molecule is COC(=O)c1cccc(NC(=O)C(F)F)c1C. The molecule has 4 nitrogen and oxygen atoms in total. The molecule has 1 aromatic carbocycles. The fourth-order valence-corrected chi connectivity index (χ4v) is 1.29. The largest absolute Gasteiger partial charge is 0.465 e. The molecule has 1 amide bonds. The molecule has 0 saturated carbocycles. The molecule has 1 aromatic rings. The highest BCUT2D eigenvalue weighted by atomic mass is 19.3. The summed E-state index contributed by atoms with van der Waals surface area (Å²) in [5.41, 5.74) is 0.770. The van der Waals surface area contributed by atoms with E-state index in [0.29, 0.717) is 5.56 Å². The van der Waals surface area contributed by atoms with Crippen LogP contribution in [0.5, 0.6) is 0 Å². The third-order valence-corrected chi connectivity index (χ3v) is 2.20. The fraction of sp³-hybridized carbons (Fsp3) is 0.273. The van der Waals surface area contributed by atoms with Crippen molar-refractivity contribution in [1.29, 1.82) is 0 Å². The normalized spacial score (nSPS) is 10.2. The van der Waals surface area contributed by atoms with E-state index in [2.05, 4.69) is 4.74 Å². The minimum atomic E-state index is -3.10. The van der Waals surface area contributed by atoms with Gasteiger partial charge in [-0.2, -0.15) is 8.78 Å². The van der Waals surface area contributed by atoms with Crippen LogP contribution < -0.4 is 5.32 Å². The van der Waals surface area contributed by atoms with Crippen molar-refractivity contribution in [2.45, 2.75) is 13.3 Å². The molecular weight excluding hydrogens is 232 g/mol. The first-order valence-electron chi connectivity index (χ1n) is 4.74. The van der Waals surface area contributed by atoms with Crippen LogP contribution in [0.25, 0.3) is 0 Å². The summed E-state index contributed by atoms with van der Waals surface area (Å²) in [6.07, 6.45) is -3.10. The van der Waals surface area contributed by atoms with Crippen LogP contribution in [0.3, 0.4) is 0 Å². The lowest BCUT2D eigenvalue weighted by atomic mass is 10.1. The average molecular weight is 243 g/mol. The Hall–Kier alpha value is -1.98. The Bertz CT molecular complexity index is 446. The smallest absolute Gasteiger partial charge is 0.338 e. The van der Waals surface area contributed by atoms with Gasteiger partial charge in [-0.15, -0.1) is 0 Å². The molecule has 0 aromatic heterocycles. The molecule has 0 bridgehead atoms. The van der Waals surface area contributed by atoms with Gasteiger partial charge in [0.25, 0.3) is 5.91 Å². The Balaban J connectivity index is 3.02. The van der Waals surface area contributed by atoms with Gasteiger partial charge in [0, 0.05) is 5.69 Å². The Labute approximate surface area is 96.6 Å². The summed E-state index contributed by atoms with van der Waals surface area (Å²) in [6, 6.07) is 4.39. The summed E-state index contributed by atoms with van der Waals surface area (Å²) < 4.78 is 28.7. The highest BCUT2D eigenvalue weighted by Gasteiger charge is 2.18. The number of alkyl halides is 2. The number of carbonyl (C=O) groups excluding carboxylic acids is 2. The van der Waals surface area contributed by atoms with Crippen LogP contribution in [0.4, 0.5) is 14.5 Å². The van der Waals surface area contributed by atoms with Crippen molar-refractivity contribution in [3.05, 3.63) is 29.3 Å². The van der Waals surface area contributed by atoms with Gasteiger partial charge in [-0.25, -0.2) is 4.79 Å². The molecule has 92 valence electrons. The molecule has 6 heteroatoms. The highest BCUT2D eigenvalue weighted by Crippen LogP contribution is 2.20. The molecule has 0 aliphatic carbocycles. The number of anilines is 1. The molecule has 0 spiro atoms. The molecular formula is C11H11F2NO3. The molecule has 0 aliphatic rings. The molecule has 0 atom stereocenters. The number of ether oxygens (including phenoxy) is 1. The topological polar surface area (TPSA) is 55.4 Å². The lowest BCUT2D eigenvalue weighted by Crippen LogP contribution is -2.21. The van der Waals surface area contributed by atoms with Crippen LogP contribution in [-0.2, 0) is 9.53 Å². The predicted molar refractivity (Wildman–Crippen MR) is 57.2 cm³/mol. The molecule has 1 N–H and O–H groups in total. The van der Waals surface area contributed by atoms with E-state index in [1.807, 2.05) is 5.32 Å². The molecule has 0 aliphatic heterocycles. The van der Waals surface area contributed by atoms with Gasteiger partial charge >= 0.3 is 12.4 Å². The standard InChI is InChI=1S/C11H11F2NO3/c1-6-7(11(16)17-2)4-3-5-8(6)14-10(15)9(12)13/h3-5,9H,1-2H3,(H,14,15). The second-order valence-electron chi connectivity index (χ2n) is 3.26. The van der Waals surface area contributed by atoms with E-state index in [0.717, 1.165) is 0 Å². The maximum atomic E-state index is 12.1. The van der Waals surface area contributed by atoms with E-state index in [9.17, 15) is 18.4 Å². The van der Waals surface area contributed by atoms with Crippen molar-refractivity contribution in [3.63, 3.8) is 0 Å². The molecule has 0 saturated heterocycles. The third kappa shape index (κ3) is 2.99. The van der Waals surface area contributed by atoms with Gasteiger partial charge in [-0.3, -0.25) is 4.79 Å². The van der Waals surface area contributed by atoms with Crippen molar-refractivity contribution in [2.75, 3.05) is 12.4 Å². The number of hydrogen-bond acceptors (Lipinski definition) is 3. The summed E-state index contributed by atoms with van der Waals surface area (Å²) in [5.74, 6) is -1.99. The van der Waals surface area contributed by atoms with Crippen molar-refractivity contribution >= 4 is 17.6 Å². The number of carbonyl (C=O) groups is 2. The van der Waals surface area contributed by atoms with E-state index in [1.165, 1.54) is 32.2 Å². The van der Waals surface area contributed by atoms with Crippen molar-refractivity contribution in [1.82, 2.24) is 0 Å². The zero-order chi connectivity index (χ0) is 13.0. The van der Waals surface area contributed by atoms with Gasteiger partial charge in [0.05, 0.1) is 12.7 Å². The number of nitrogens with one attached hydrogen (secondary N) is 1. The molecule has 1 rings (SSSR count). The molecule has 0 unspecified atom stereocenters. The summed E-state index contributed by atoms with van der Waals surface area (Å²) in [5, 5.41) is 2.03. The van der Waals surface area contributed by atoms with Crippen molar-refractivity contribution < 1.29 is 23.1 Å². The van der Waals surface area contributed by atoms with Gasteiger partial charge < -0.3 is 10.1 Å². The Morgan fingerprint density at radius 3 is 2.53 bits per heavy atom. The van der Waals surface area contributed by atoms with E-state index in [1.54, 1.807) is 0 Å². The first-order chi connectivity index (χ1) is 7.97. The van der Waals surface area contributed by atoms with Crippen LogP contribution in [0, 0.1) is 6.92 Å². The van der Waals surface area contributed by atoms with Crippen molar-refractivity contribution in [2.24, 2.45) is 0 Å². The van der Waals surface area contributed by atoms with Gasteiger partial charge in [-0.05, 0) is 24.6 Å². The second-order valence-corrected chi connectivity index (χ2v) is 3.26. The Morgan fingerprint density at radius 2 is 2.00 bits per heavy atom. The van der Waals surface area contributed by atoms with E-state index in [4.69, 9.17) is 0 Å². The highest BCUT2D eigenvalue weighted by molar-refractivity contribution is 5.97. The number of esters is 1. The number of halogens is 2. The number of hydrogen-bond donors (Lipinski definition) is 1. The summed E-state index contributed by atoms with van der Waals surface area (Å²) in [4.78, 5) is 22.2. The lowest BCUT2D eigenvalue weighted by Gasteiger charge is -2.10. The van der Waals surface area contributed by atoms with Gasteiger partial charge in [-0.1, -0.05) is 6.07 Å².